The molecular formula is C25H27N3O2. The number of carbonyl (C=O) groups excluding carboxylic acids is 2. The summed E-state index contributed by atoms with van der Waals surface area (Å²) in [5.41, 5.74) is 2.68. The summed E-state index contributed by atoms with van der Waals surface area (Å²) in [5.74, 6) is -0.148. The van der Waals surface area contributed by atoms with Crippen LogP contribution in [0.4, 0.5) is 11.4 Å². The number of anilines is 2. The highest BCUT2D eigenvalue weighted by Gasteiger charge is 2.29. The average molecular weight is 402 g/mol. The SMILES string of the molecule is CC(=O)Nc1cccc(NC(=O)CCN(Cc2cccc3ccccc23)C2CC2)c1. The second-order valence-electron chi connectivity index (χ2n) is 7.90. The van der Waals surface area contributed by atoms with Crippen molar-refractivity contribution in [2.75, 3.05) is 17.2 Å². The lowest BCUT2D eigenvalue weighted by Crippen LogP contribution is -2.29. The van der Waals surface area contributed by atoms with Crippen molar-refractivity contribution in [3.8, 4) is 0 Å². The molecule has 1 aliphatic rings. The minimum absolute atomic E-state index is 0.0152. The first-order valence-electron chi connectivity index (χ1n) is 10.5. The van der Waals surface area contributed by atoms with Crippen molar-refractivity contribution in [1.29, 1.82) is 0 Å². The molecule has 1 saturated carbocycles. The molecule has 0 radical (unpaired) electrons. The number of rotatable bonds is 8. The second-order valence-corrected chi connectivity index (χ2v) is 7.90. The molecule has 0 bridgehead atoms. The van der Waals surface area contributed by atoms with Crippen LogP contribution in [0.2, 0.25) is 0 Å². The Bertz CT molecular complexity index is 1050. The standard InChI is InChI=1S/C25H27N3O2/c1-18(29)26-21-9-5-10-22(16-21)27-25(30)14-15-28(23-12-13-23)17-20-8-4-7-19-6-2-3-11-24(19)20/h2-11,16,23H,12-15,17H2,1H3,(H,26,29)(H,27,30). The van der Waals surface area contributed by atoms with Crippen LogP contribution in [0.1, 0.15) is 31.7 Å². The molecular weight excluding hydrogens is 374 g/mol. The molecule has 4 rings (SSSR count). The highest BCUT2D eigenvalue weighted by atomic mass is 16.2. The van der Waals surface area contributed by atoms with Gasteiger partial charge in [0.1, 0.15) is 0 Å². The Balaban J connectivity index is 1.37. The highest BCUT2D eigenvalue weighted by Crippen LogP contribution is 2.30. The van der Waals surface area contributed by atoms with Crippen molar-refractivity contribution in [1.82, 2.24) is 4.90 Å². The molecule has 5 heteroatoms. The summed E-state index contributed by atoms with van der Waals surface area (Å²) < 4.78 is 0. The van der Waals surface area contributed by atoms with E-state index in [4.69, 9.17) is 0 Å². The smallest absolute Gasteiger partial charge is 0.225 e. The van der Waals surface area contributed by atoms with Gasteiger partial charge < -0.3 is 10.6 Å². The van der Waals surface area contributed by atoms with Crippen LogP contribution in [0.3, 0.4) is 0 Å². The number of benzene rings is 3. The van der Waals surface area contributed by atoms with Gasteiger partial charge in [-0.2, -0.15) is 0 Å². The molecule has 5 nitrogen and oxygen atoms in total. The fraction of sp³-hybridized carbons (Fsp3) is 0.280. The van der Waals surface area contributed by atoms with E-state index >= 15 is 0 Å². The van der Waals surface area contributed by atoms with Crippen LogP contribution < -0.4 is 10.6 Å². The lowest BCUT2D eigenvalue weighted by molar-refractivity contribution is -0.116. The van der Waals surface area contributed by atoms with Gasteiger partial charge >= 0.3 is 0 Å². The fourth-order valence-corrected chi connectivity index (χ4v) is 3.83. The van der Waals surface area contributed by atoms with Crippen molar-refractivity contribution >= 4 is 34.0 Å². The van der Waals surface area contributed by atoms with Crippen molar-refractivity contribution in [2.45, 2.75) is 38.8 Å². The Morgan fingerprint density at radius 3 is 2.40 bits per heavy atom. The van der Waals surface area contributed by atoms with E-state index in [2.05, 4.69) is 58.0 Å². The van der Waals surface area contributed by atoms with Gasteiger partial charge in [0.25, 0.3) is 0 Å². The molecule has 0 unspecified atom stereocenters. The number of amides is 2. The summed E-state index contributed by atoms with van der Waals surface area (Å²) >= 11 is 0. The second kappa shape index (κ2) is 9.09. The molecule has 0 saturated heterocycles. The molecule has 3 aromatic rings. The van der Waals surface area contributed by atoms with Crippen LogP contribution in [-0.4, -0.2) is 29.3 Å². The predicted molar refractivity (Wildman–Crippen MR) is 121 cm³/mol. The van der Waals surface area contributed by atoms with Crippen LogP contribution in [0.15, 0.2) is 66.7 Å². The zero-order valence-corrected chi connectivity index (χ0v) is 17.2. The molecule has 30 heavy (non-hydrogen) atoms. The maximum atomic E-state index is 12.5. The van der Waals surface area contributed by atoms with Gasteiger partial charge in [-0.3, -0.25) is 14.5 Å². The van der Waals surface area contributed by atoms with Crippen LogP contribution >= 0.6 is 0 Å². The lowest BCUT2D eigenvalue weighted by atomic mass is 10.0. The molecule has 0 atom stereocenters. The molecule has 0 spiro atoms. The van der Waals surface area contributed by atoms with E-state index in [1.807, 2.05) is 12.1 Å². The quantitative estimate of drug-likeness (QED) is 0.570. The van der Waals surface area contributed by atoms with Gasteiger partial charge in [-0.15, -0.1) is 0 Å². The molecule has 3 aromatic carbocycles. The molecule has 0 heterocycles. The Kier molecular flexibility index (Phi) is 6.10. The Labute approximate surface area is 177 Å². The number of hydrogen-bond donors (Lipinski definition) is 2. The molecule has 2 N–H and O–H groups in total. The largest absolute Gasteiger partial charge is 0.326 e. The highest BCUT2D eigenvalue weighted by molar-refractivity contribution is 5.93. The van der Waals surface area contributed by atoms with Gasteiger partial charge in [-0.05, 0) is 47.4 Å². The van der Waals surface area contributed by atoms with E-state index in [0.717, 1.165) is 13.1 Å². The Morgan fingerprint density at radius 1 is 0.933 bits per heavy atom. The van der Waals surface area contributed by atoms with Crippen LogP contribution in [0.5, 0.6) is 0 Å². The van der Waals surface area contributed by atoms with Gasteiger partial charge in [-0.25, -0.2) is 0 Å². The van der Waals surface area contributed by atoms with Crippen molar-refractivity contribution < 1.29 is 9.59 Å². The van der Waals surface area contributed by atoms with Crippen molar-refractivity contribution in [3.05, 3.63) is 72.3 Å². The van der Waals surface area contributed by atoms with Crippen molar-refractivity contribution in [2.24, 2.45) is 0 Å². The first-order chi connectivity index (χ1) is 14.6. The third kappa shape index (κ3) is 5.24. The van der Waals surface area contributed by atoms with Gasteiger partial charge in [0.2, 0.25) is 11.8 Å². The molecule has 1 aliphatic carbocycles. The van der Waals surface area contributed by atoms with Gasteiger partial charge in [0.05, 0.1) is 0 Å². The summed E-state index contributed by atoms with van der Waals surface area (Å²) in [5, 5.41) is 8.22. The zero-order chi connectivity index (χ0) is 20.9. The Morgan fingerprint density at radius 2 is 1.63 bits per heavy atom. The molecule has 1 fully saturated rings. The predicted octanol–water partition coefficient (Wildman–Crippen LogP) is 4.79. The molecule has 0 aromatic heterocycles. The maximum Gasteiger partial charge on any atom is 0.225 e. The maximum absolute atomic E-state index is 12.5. The number of fused-ring (bicyclic) bond motifs is 1. The number of hydrogen-bond acceptors (Lipinski definition) is 3. The van der Waals surface area contributed by atoms with Crippen LogP contribution in [0.25, 0.3) is 10.8 Å². The van der Waals surface area contributed by atoms with Gasteiger partial charge in [0.15, 0.2) is 0 Å². The van der Waals surface area contributed by atoms with Crippen LogP contribution in [-0.2, 0) is 16.1 Å². The van der Waals surface area contributed by atoms with Gasteiger partial charge in [0, 0.05) is 43.9 Å². The summed E-state index contributed by atoms with van der Waals surface area (Å²) in [7, 11) is 0. The van der Waals surface area contributed by atoms with Crippen LogP contribution in [0, 0.1) is 0 Å². The van der Waals surface area contributed by atoms with E-state index in [1.165, 1.54) is 36.1 Å². The normalized spacial score (nSPS) is 13.4. The summed E-state index contributed by atoms with van der Waals surface area (Å²) in [4.78, 5) is 26.2. The molecule has 0 aliphatic heterocycles. The first-order valence-corrected chi connectivity index (χ1v) is 10.5. The summed E-state index contributed by atoms with van der Waals surface area (Å²) in [6.45, 7) is 3.05. The monoisotopic (exact) mass is 401 g/mol. The lowest BCUT2D eigenvalue weighted by Gasteiger charge is -2.22. The van der Waals surface area contributed by atoms with E-state index in [0.29, 0.717) is 23.8 Å². The molecule has 154 valence electrons. The third-order valence-electron chi connectivity index (χ3n) is 5.41. The Hall–Kier alpha value is -3.18. The number of carbonyl (C=O) groups is 2. The minimum atomic E-state index is -0.132. The summed E-state index contributed by atoms with van der Waals surface area (Å²) in [6.07, 6.45) is 2.84. The average Bonchev–Trinajstić information content (AvgIpc) is 3.56. The van der Waals surface area contributed by atoms with E-state index in [9.17, 15) is 9.59 Å². The topological polar surface area (TPSA) is 61.4 Å². The third-order valence-corrected chi connectivity index (χ3v) is 5.41. The number of nitrogens with zero attached hydrogens (tertiary/aromatic N) is 1. The van der Waals surface area contributed by atoms with E-state index in [-0.39, 0.29) is 11.8 Å². The zero-order valence-electron chi connectivity index (χ0n) is 17.2. The molecule has 2 amide bonds. The van der Waals surface area contributed by atoms with Gasteiger partial charge in [-0.1, -0.05) is 48.5 Å². The summed E-state index contributed by atoms with van der Waals surface area (Å²) in [6, 6.07) is 22.7. The fourth-order valence-electron chi connectivity index (χ4n) is 3.83. The minimum Gasteiger partial charge on any atom is -0.326 e. The first kappa shape index (κ1) is 20.1. The van der Waals surface area contributed by atoms with E-state index in [1.54, 1.807) is 12.1 Å². The van der Waals surface area contributed by atoms with E-state index < -0.39 is 0 Å². The number of nitrogens with one attached hydrogen (secondary N) is 2. The van der Waals surface area contributed by atoms with Crippen molar-refractivity contribution in [3.63, 3.8) is 0 Å².